The molecule has 0 saturated carbocycles. The van der Waals surface area contributed by atoms with E-state index in [2.05, 4.69) is 9.71 Å². The van der Waals surface area contributed by atoms with E-state index in [4.69, 9.17) is 4.74 Å². The molecule has 20 heavy (non-hydrogen) atoms. The molecule has 0 aliphatic heterocycles. The predicted octanol–water partition coefficient (Wildman–Crippen LogP) is 1.94. The van der Waals surface area contributed by atoms with Crippen molar-refractivity contribution in [1.29, 1.82) is 0 Å². The Bertz CT molecular complexity index is 666. The van der Waals surface area contributed by atoms with Crippen LogP contribution in [0.2, 0.25) is 0 Å². The monoisotopic (exact) mass is 294 g/mol. The van der Waals surface area contributed by atoms with Crippen LogP contribution in [0, 0.1) is 0 Å². The second kappa shape index (κ2) is 6.67. The minimum atomic E-state index is -3.17. The van der Waals surface area contributed by atoms with E-state index in [0.29, 0.717) is 12.2 Å². The molecule has 0 spiro atoms. The molecule has 1 aromatic carbocycles. The number of sulfonamides is 1. The Morgan fingerprint density at radius 1 is 1.25 bits per heavy atom. The van der Waals surface area contributed by atoms with Crippen molar-refractivity contribution >= 4 is 20.9 Å². The lowest BCUT2D eigenvalue weighted by Gasteiger charge is -2.09. The SMILES string of the molecule is CCCS(=O)(=O)NCCOc1cccc2cccnc12. The highest BCUT2D eigenvalue weighted by atomic mass is 32.2. The Labute approximate surface area is 119 Å². The maximum Gasteiger partial charge on any atom is 0.211 e. The van der Waals surface area contributed by atoms with E-state index in [1.165, 1.54) is 0 Å². The van der Waals surface area contributed by atoms with Gasteiger partial charge in [0, 0.05) is 18.1 Å². The largest absolute Gasteiger partial charge is 0.490 e. The van der Waals surface area contributed by atoms with Crippen molar-refractivity contribution in [2.75, 3.05) is 18.9 Å². The minimum Gasteiger partial charge on any atom is -0.490 e. The fourth-order valence-electron chi connectivity index (χ4n) is 1.89. The summed E-state index contributed by atoms with van der Waals surface area (Å²) in [5.41, 5.74) is 0.784. The molecule has 0 aliphatic rings. The Morgan fingerprint density at radius 2 is 2.05 bits per heavy atom. The molecule has 1 heterocycles. The number of pyridine rings is 1. The van der Waals surface area contributed by atoms with Crippen molar-refractivity contribution in [3.05, 3.63) is 36.5 Å². The number of nitrogens with zero attached hydrogens (tertiary/aromatic N) is 1. The molecule has 0 radical (unpaired) electrons. The zero-order chi connectivity index (χ0) is 14.4. The van der Waals surface area contributed by atoms with Crippen LogP contribution in [0.1, 0.15) is 13.3 Å². The Balaban J connectivity index is 1.94. The zero-order valence-electron chi connectivity index (χ0n) is 11.4. The van der Waals surface area contributed by atoms with E-state index >= 15 is 0 Å². The van der Waals surface area contributed by atoms with Crippen LogP contribution in [0.15, 0.2) is 36.5 Å². The van der Waals surface area contributed by atoms with Gasteiger partial charge in [-0.2, -0.15) is 0 Å². The van der Waals surface area contributed by atoms with Crippen LogP contribution in [-0.2, 0) is 10.0 Å². The lowest BCUT2D eigenvalue weighted by molar-refractivity contribution is 0.326. The minimum absolute atomic E-state index is 0.142. The average Bonchev–Trinajstić information content (AvgIpc) is 2.43. The summed E-state index contributed by atoms with van der Waals surface area (Å²) in [7, 11) is -3.17. The normalized spacial score (nSPS) is 11.7. The van der Waals surface area contributed by atoms with E-state index in [9.17, 15) is 8.42 Å². The highest BCUT2D eigenvalue weighted by Gasteiger charge is 2.08. The molecule has 5 nitrogen and oxygen atoms in total. The van der Waals surface area contributed by atoms with Gasteiger partial charge in [-0.3, -0.25) is 4.98 Å². The van der Waals surface area contributed by atoms with Crippen LogP contribution >= 0.6 is 0 Å². The summed E-state index contributed by atoms with van der Waals surface area (Å²) in [4.78, 5) is 4.27. The first-order chi connectivity index (χ1) is 9.62. The van der Waals surface area contributed by atoms with Crippen molar-refractivity contribution in [2.45, 2.75) is 13.3 Å². The molecule has 0 atom stereocenters. The highest BCUT2D eigenvalue weighted by molar-refractivity contribution is 7.89. The van der Waals surface area contributed by atoms with Crippen LogP contribution in [0.3, 0.4) is 0 Å². The Morgan fingerprint density at radius 3 is 2.85 bits per heavy atom. The average molecular weight is 294 g/mol. The summed E-state index contributed by atoms with van der Waals surface area (Å²) >= 11 is 0. The van der Waals surface area contributed by atoms with Gasteiger partial charge in [0.1, 0.15) is 17.9 Å². The van der Waals surface area contributed by atoms with Gasteiger partial charge in [-0.05, 0) is 18.6 Å². The van der Waals surface area contributed by atoms with Crippen molar-refractivity contribution in [2.24, 2.45) is 0 Å². The van der Waals surface area contributed by atoms with Crippen LogP contribution in [0.25, 0.3) is 10.9 Å². The van der Waals surface area contributed by atoms with Gasteiger partial charge in [0.05, 0.1) is 5.75 Å². The van der Waals surface area contributed by atoms with Gasteiger partial charge in [0.15, 0.2) is 0 Å². The smallest absolute Gasteiger partial charge is 0.211 e. The number of hydrogen-bond acceptors (Lipinski definition) is 4. The third-order valence-electron chi connectivity index (χ3n) is 2.75. The van der Waals surface area contributed by atoms with Crippen LogP contribution < -0.4 is 9.46 Å². The van der Waals surface area contributed by atoms with Crippen molar-refractivity contribution < 1.29 is 13.2 Å². The van der Waals surface area contributed by atoms with Gasteiger partial charge in [-0.15, -0.1) is 0 Å². The van der Waals surface area contributed by atoms with Crippen LogP contribution in [0.4, 0.5) is 0 Å². The van der Waals surface area contributed by atoms with Gasteiger partial charge in [0.2, 0.25) is 10.0 Å². The van der Waals surface area contributed by atoms with Crippen LogP contribution in [-0.4, -0.2) is 32.3 Å². The topological polar surface area (TPSA) is 68.3 Å². The molecule has 1 aromatic heterocycles. The first-order valence-electron chi connectivity index (χ1n) is 6.56. The number of para-hydroxylation sites is 1. The number of fused-ring (bicyclic) bond motifs is 1. The number of ether oxygens (including phenoxy) is 1. The van der Waals surface area contributed by atoms with Crippen molar-refractivity contribution in [3.63, 3.8) is 0 Å². The van der Waals surface area contributed by atoms with Gasteiger partial charge in [-0.1, -0.05) is 25.1 Å². The summed E-state index contributed by atoms with van der Waals surface area (Å²) in [6.45, 7) is 2.36. The Kier molecular flexibility index (Phi) is 4.92. The number of hydrogen-bond donors (Lipinski definition) is 1. The molecule has 2 rings (SSSR count). The maximum atomic E-state index is 11.5. The first kappa shape index (κ1) is 14.7. The number of nitrogens with one attached hydrogen (secondary N) is 1. The number of benzene rings is 1. The first-order valence-corrected chi connectivity index (χ1v) is 8.21. The molecule has 0 amide bonds. The molecule has 108 valence electrons. The molecular formula is C14H18N2O3S. The lowest BCUT2D eigenvalue weighted by Crippen LogP contribution is -2.30. The molecule has 0 fully saturated rings. The molecule has 0 saturated heterocycles. The lowest BCUT2D eigenvalue weighted by atomic mass is 10.2. The summed E-state index contributed by atoms with van der Waals surface area (Å²) < 4.78 is 31.1. The molecule has 0 bridgehead atoms. The summed E-state index contributed by atoms with van der Waals surface area (Å²) in [5, 5.41) is 0.997. The van der Waals surface area contributed by atoms with E-state index in [1.807, 2.05) is 37.3 Å². The second-order valence-electron chi connectivity index (χ2n) is 4.39. The van der Waals surface area contributed by atoms with Crippen LogP contribution in [0.5, 0.6) is 5.75 Å². The maximum absolute atomic E-state index is 11.5. The van der Waals surface area contributed by atoms with Gasteiger partial charge < -0.3 is 4.74 Å². The quantitative estimate of drug-likeness (QED) is 0.792. The third kappa shape index (κ3) is 3.91. The molecular weight excluding hydrogens is 276 g/mol. The molecule has 0 unspecified atom stereocenters. The third-order valence-corrected chi connectivity index (χ3v) is 4.34. The molecule has 2 aromatic rings. The molecule has 0 aliphatic carbocycles. The van der Waals surface area contributed by atoms with E-state index in [-0.39, 0.29) is 18.9 Å². The molecule has 6 heteroatoms. The zero-order valence-corrected chi connectivity index (χ0v) is 12.2. The standard InChI is InChI=1S/C14H18N2O3S/c1-2-11-20(17,18)16-9-10-19-13-7-3-5-12-6-4-8-15-14(12)13/h3-8,16H,2,9-11H2,1H3. The Hall–Kier alpha value is -1.66. The number of rotatable bonds is 7. The van der Waals surface area contributed by atoms with E-state index in [0.717, 1.165) is 10.9 Å². The summed E-state index contributed by atoms with van der Waals surface area (Å²) in [6.07, 6.45) is 2.31. The highest BCUT2D eigenvalue weighted by Crippen LogP contribution is 2.22. The van der Waals surface area contributed by atoms with Gasteiger partial charge in [0.25, 0.3) is 0 Å². The van der Waals surface area contributed by atoms with E-state index in [1.54, 1.807) is 6.20 Å². The summed E-state index contributed by atoms with van der Waals surface area (Å²) in [6, 6.07) is 9.50. The second-order valence-corrected chi connectivity index (χ2v) is 6.32. The van der Waals surface area contributed by atoms with Crippen molar-refractivity contribution in [1.82, 2.24) is 9.71 Å². The van der Waals surface area contributed by atoms with Gasteiger partial charge >= 0.3 is 0 Å². The molecule has 1 N–H and O–H groups in total. The predicted molar refractivity (Wildman–Crippen MR) is 79.3 cm³/mol. The fraction of sp³-hybridized carbons (Fsp3) is 0.357. The fourth-order valence-corrected chi connectivity index (χ4v) is 2.97. The number of aromatic nitrogens is 1. The van der Waals surface area contributed by atoms with Crippen molar-refractivity contribution in [3.8, 4) is 5.75 Å². The summed E-state index contributed by atoms with van der Waals surface area (Å²) in [5.74, 6) is 0.806. The van der Waals surface area contributed by atoms with Gasteiger partial charge in [-0.25, -0.2) is 13.1 Å². The van der Waals surface area contributed by atoms with E-state index < -0.39 is 10.0 Å².